The van der Waals surface area contributed by atoms with Crippen LogP contribution in [-0.4, -0.2) is 36.9 Å². The van der Waals surface area contributed by atoms with Gasteiger partial charge in [0.25, 0.3) is 0 Å². The van der Waals surface area contributed by atoms with Gasteiger partial charge in [-0.3, -0.25) is 4.79 Å². The van der Waals surface area contributed by atoms with Gasteiger partial charge in [0, 0.05) is 13.1 Å². The SMILES string of the molecule is CC1(C(=O)O)CCN(S(=O)(=O)c2ccc(Br)c(F)c2)CC1. The van der Waals surface area contributed by atoms with E-state index in [4.69, 9.17) is 5.11 Å². The van der Waals surface area contributed by atoms with E-state index in [1.807, 2.05) is 0 Å². The van der Waals surface area contributed by atoms with Crippen molar-refractivity contribution in [3.05, 3.63) is 28.5 Å². The number of aliphatic carboxylic acids is 1. The van der Waals surface area contributed by atoms with Gasteiger partial charge in [0.1, 0.15) is 5.82 Å². The highest BCUT2D eigenvalue weighted by Gasteiger charge is 2.40. The number of carbonyl (C=O) groups is 1. The van der Waals surface area contributed by atoms with Crippen LogP contribution in [-0.2, 0) is 14.8 Å². The molecule has 1 N–H and O–H groups in total. The van der Waals surface area contributed by atoms with Crippen molar-refractivity contribution in [3.63, 3.8) is 0 Å². The number of benzene rings is 1. The van der Waals surface area contributed by atoms with E-state index >= 15 is 0 Å². The molecule has 0 bridgehead atoms. The first-order valence-electron chi connectivity index (χ1n) is 6.35. The van der Waals surface area contributed by atoms with Gasteiger partial charge in [-0.2, -0.15) is 4.31 Å². The van der Waals surface area contributed by atoms with Crippen molar-refractivity contribution in [2.24, 2.45) is 5.41 Å². The Labute approximate surface area is 130 Å². The lowest BCUT2D eigenvalue weighted by Crippen LogP contribution is -2.45. The maximum Gasteiger partial charge on any atom is 0.309 e. The lowest BCUT2D eigenvalue weighted by Gasteiger charge is -2.35. The van der Waals surface area contributed by atoms with E-state index in [1.54, 1.807) is 6.92 Å². The first kappa shape index (κ1) is 16.4. The zero-order chi connectivity index (χ0) is 15.8. The van der Waals surface area contributed by atoms with Crippen LogP contribution in [0.1, 0.15) is 19.8 Å². The third kappa shape index (κ3) is 3.12. The number of carboxylic acid groups (broad SMARTS) is 1. The molecule has 2 rings (SSSR count). The van der Waals surface area contributed by atoms with E-state index in [1.165, 1.54) is 16.4 Å². The molecular weight excluding hydrogens is 365 g/mol. The number of nitrogens with zero attached hydrogens (tertiary/aromatic N) is 1. The Kier molecular flexibility index (Phi) is 4.41. The van der Waals surface area contributed by atoms with Crippen molar-refractivity contribution >= 4 is 31.9 Å². The van der Waals surface area contributed by atoms with Crippen LogP contribution >= 0.6 is 15.9 Å². The van der Waals surface area contributed by atoms with Crippen molar-refractivity contribution in [2.45, 2.75) is 24.7 Å². The Balaban J connectivity index is 2.22. The maximum absolute atomic E-state index is 13.5. The summed E-state index contributed by atoms with van der Waals surface area (Å²) in [6.45, 7) is 1.84. The summed E-state index contributed by atoms with van der Waals surface area (Å²) >= 11 is 2.97. The average molecular weight is 380 g/mol. The summed E-state index contributed by atoms with van der Waals surface area (Å²) in [6.07, 6.45) is 0.473. The number of sulfonamides is 1. The molecule has 0 atom stereocenters. The Bertz CT molecular complexity index is 669. The van der Waals surface area contributed by atoms with Crippen molar-refractivity contribution in [1.82, 2.24) is 4.31 Å². The standard InChI is InChI=1S/C13H15BrFNO4S/c1-13(12(17)18)4-6-16(7-5-13)21(19,20)9-2-3-10(14)11(15)8-9/h2-3,8H,4-7H2,1H3,(H,17,18). The van der Waals surface area contributed by atoms with Crippen LogP contribution < -0.4 is 0 Å². The fraction of sp³-hybridized carbons (Fsp3) is 0.462. The number of piperidine rings is 1. The van der Waals surface area contributed by atoms with E-state index in [0.29, 0.717) is 0 Å². The van der Waals surface area contributed by atoms with E-state index < -0.39 is 27.2 Å². The first-order valence-corrected chi connectivity index (χ1v) is 8.59. The quantitative estimate of drug-likeness (QED) is 0.874. The van der Waals surface area contributed by atoms with Crippen LogP contribution in [0.5, 0.6) is 0 Å². The summed E-state index contributed by atoms with van der Waals surface area (Å²) in [5.74, 6) is -1.57. The molecule has 1 saturated heterocycles. The molecule has 8 heteroatoms. The van der Waals surface area contributed by atoms with E-state index in [0.717, 1.165) is 6.07 Å². The normalized spacial score (nSPS) is 19.4. The molecule has 0 amide bonds. The second kappa shape index (κ2) is 5.66. The van der Waals surface area contributed by atoms with Gasteiger partial charge in [0.05, 0.1) is 14.8 Å². The molecule has 116 valence electrons. The molecule has 21 heavy (non-hydrogen) atoms. The number of halogens is 2. The van der Waals surface area contributed by atoms with Gasteiger partial charge in [0.15, 0.2) is 0 Å². The Hall–Kier alpha value is -0.990. The molecule has 0 saturated carbocycles. The van der Waals surface area contributed by atoms with Gasteiger partial charge in [-0.25, -0.2) is 12.8 Å². The van der Waals surface area contributed by atoms with Gasteiger partial charge >= 0.3 is 5.97 Å². The van der Waals surface area contributed by atoms with Crippen molar-refractivity contribution in [2.75, 3.05) is 13.1 Å². The smallest absolute Gasteiger partial charge is 0.309 e. The molecule has 1 aromatic carbocycles. The van der Waals surface area contributed by atoms with Crippen LogP contribution in [0.2, 0.25) is 0 Å². The van der Waals surface area contributed by atoms with Gasteiger partial charge in [-0.1, -0.05) is 0 Å². The molecule has 0 radical (unpaired) electrons. The first-order chi connectivity index (χ1) is 9.67. The van der Waals surface area contributed by atoms with Crippen molar-refractivity contribution < 1.29 is 22.7 Å². The van der Waals surface area contributed by atoms with Crippen LogP contribution in [0.3, 0.4) is 0 Å². The summed E-state index contributed by atoms with van der Waals surface area (Å²) in [7, 11) is -3.80. The van der Waals surface area contributed by atoms with E-state index in [9.17, 15) is 17.6 Å². The highest BCUT2D eigenvalue weighted by Crippen LogP contribution is 2.33. The van der Waals surface area contributed by atoms with E-state index in [-0.39, 0.29) is 35.3 Å². The number of hydrogen-bond donors (Lipinski definition) is 1. The lowest BCUT2D eigenvalue weighted by atomic mass is 9.81. The van der Waals surface area contributed by atoms with Crippen LogP contribution in [0.25, 0.3) is 0 Å². The Morgan fingerprint density at radius 3 is 2.43 bits per heavy atom. The third-order valence-corrected chi connectivity index (χ3v) is 6.41. The fourth-order valence-corrected chi connectivity index (χ4v) is 3.92. The van der Waals surface area contributed by atoms with Crippen molar-refractivity contribution in [1.29, 1.82) is 0 Å². The molecule has 1 aliphatic rings. The number of rotatable bonds is 3. The predicted octanol–water partition coefficient (Wildman–Crippen LogP) is 2.46. The number of carboxylic acids is 1. The molecule has 1 aromatic rings. The minimum atomic E-state index is -3.80. The van der Waals surface area contributed by atoms with Gasteiger partial charge in [0.2, 0.25) is 10.0 Å². The van der Waals surface area contributed by atoms with Gasteiger partial charge in [-0.05, 0) is 53.9 Å². The Morgan fingerprint density at radius 1 is 1.38 bits per heavy atom. The number of hydrogen-bond acceptors (Lipinski definition) is 3. The largest absolute Gasteiger partial charge is 0.481 e. The zero-order valence-corrected chi connectivity index (χ0v) is 13.7. The van der Waals surface area contributed by atoms with Gasteiger partial charge < -0.3 is 5.11 Å². The predicted molar refractivity (Wildman–Crippen MR) is 77.8 cm³/mol. The highest BCUT2D eigenvalue weighted by atomic mass is 79.9. The van der Waals surface area contributed by atoms with Crippen LogP contribution in [0, 0.1) is 11.2 Å². The molecule has 0 unspecified atom stereocenters. The summed E-state index contributed by atoms with van der Waals surface area (Å²) in [5, 5.41) is 9.15. The van der Waals surface area contributed by atoms with Gasteiger partial charge in [-0.15, -0.1) is 0 Å². The summed E-state index contributed by atoms with van der Waals surface area (Å²) in [5.41, 5.74) is -0.906. The summed E-state index contributed by atoms with van der Waals surface area (Å²) < 4.78 is 39.8. The average Bonchev–Trinajstić information content (AvgIpc) is 2.42. The summed E-state index contributed by atoms with van der Waals surface area (Å²) in [6, 6.07) is 3.63. The second-order valence-corrected chi connectivity index (χ2v) is 8.14. The molecule has 0 spiro atoms. The minimum absolute atomic E-state index is 0.114. The molecule has 1 heterocycles. The second-order valence-electron chi connectivity index (χ2n) is 5.35. The molecule has 1 fully saturated rings. The highest BCUT2D eigenvalue weighted by molar-refractivity contribution is 9.10. The molecule has 0 aromatic heterocycles. The Morgan fingerprint density at radius 2 is 1.95 bits per heavy atom. The molecule has 5 nitrogen and oxygen atoms in total. The monoisotopic (exact) mass is 379 g/mol. The zero-order valence-electron chi connectivity index (χ0n) is 11.3. The van der Waals surface area contributed by atoms with Crippen LogP contribution in [0.15, 0.2) is 27.6 Å². The minimum Gasteiger partial charge on any atom is -0.481 e. The fourth-order valence-electron chi connectivity index (χ4n) is 2.22. The molecular formula is C13H15BrFNO4S. The third-order valence-electron chi connectivity index (χ3n) is 3.87. The summed E-state index contributed by atoms with van der Waals surface area (Å²) in [4.78, 5) is 11.0. The van der Waals surface area contributed by atoms with Crippen molar-refractivity contribution in [3.8, 4) is 0 Å². The van der Waals surface area contributed by atoms with Crippen LogP contribution in [0.4, 0.5) is 4.39 Å². The van der Waals surface area contributed by atoms with E-state index in [2.05, 4.69) is 15.9 Å². The molecule has 1 aliphatic heterocycles. The lowest BCUT2D eigenvalue weighted by molar-refractivity contribution is -0.150. The molecule has 0 aliphatic carbocycles. The topological polar surface area (TPSA) is 74.7 Å². The maximum atomic E-state index is 13.5.